The minimum absolute atomic E-state index is 0.0574. The van der Waals surface area contributed by atoms with Crippen molar-refractivity contribution in [1.82, 2.24) is 25.4 Å². The van der Waals surface area contributed by atoms with E-state index < -0.39 is 0 Å². The Hall–Kier alpha value is -3.46. The Labute approximate surface area is 186 Å². The van der Waals surface area contributed by atoms with Crippen LogP contribution in [0.2, 0.25) is 0 Å². The molecule has 0 spiro atoms. The standard InChI is InChI=1S/C23H27FN6O2/c1-16-12-29(13-17(2)32-16)22-8-5-19(9-21(22)24)11-27-23(31)26-10-18-3-6-20(7-4-18)30-15-25-14-28-30/h3-9,14-17H,10-13H2,1-2H3,(H2,26,27,31). The molecule has 1 saturated heterocycles. The number of aromatic nitrogens is 3. The lowest BCUT2D eigenvalue weighted by molar-refractivity contribution is -0.00539. The SMILES string of the molecule is CC1CN(c2ccc(CNC(=O)NCc3ccc(-n4cncn4)cc3)cc2F)CC(C)O1. The molecule has 2 N–H and O–H groups in total. The summed E-state index contributed by atoms with van der Waals surface area (Å²) in [4.78, 5) is 18.1. The number of morpholine rings is 1. The number of carbonyl (C=O) groups is 1. The number of ether oxygens (including phenoxy) is 1. The Morgan fingerprint density at radius 1 is 1.06 bits per heavy atom. The average Bonchev–Trinajstić information content (AvgIpc) is 3.31. The Morgan fingerprint density at radius 3 is 2.34 bits per heavy atom. The molecule has 0 saturated carbocycles. The predicted molar refractivity (Wildman–Crippen MR) is 119 cm³/mol. The van der Waals surface area contributed by atoms with Gasteiger partial charge in [-0.2, -0.15) is 5.10 Å². The first-order valence-corrected chi connectivity index (χ1v) is 10.6. The molecule has 1 aliphatic rings. The Balaban J connectivity index is 1.26. The van der Waals surface area contributed by atoms with Gasteiger partial charge < -0.3 is 20.3 Å². The number of nitrogens with zero attached hydrogens (tertiary/aromatic N) is 4. The topological polar surface area (TPSA) is 84.3 Å². The number of hydrogen-bond acceptors (Lipinski definition) is 5. The van der Waals surface area contributed by atoms with Crippen molar-refractivity contribution < 1.29 is 13.9 Å². The normalized spacial score (nSPS) is 18.4. The van der Waals surface area contributed by atoms with Crippen molar-refractivity contribution in [2.24, 2.45) is 0 Å². The van der Waals surface area contributed by atoms with Gasteiger partial charge in [-0.25, -0.2) is 18.9 Å². The maximum Gasteiger partial charge on any atom is 0.315 e. The van der Waals surface area contributed by atoms with E-state index in [0.29, 0.717) is 30.9 Å². The van der Waals surface area contributed by atoms with Crippen LogP contribution in [0.15, 0.2) is 55.1 Å². The summed E-state index contributed by atoms with van der Waals surface area (Å²) in [7, 11) is 0. The van der Waals surface area contributed by atoms with Crippen molar-refractivity contribution in [3.8, 4) is 5.69 Å². The van der Waals surface area contributed by atoms with Crippen molar-refractivity contribution in [2.45, 2.75) is 39.1 Å². The van der Waals surface area contributed by atoms with Gasteiger partial charge in [-0.15, -0.1) is 0 Å². The van der Waals surface area contributed by atoms with Gasteiger partial charge in [0.1, 0.15) is 18.5 Å². The number of rotatable bonds is 6. The quantitative estimate of drug-likeness (QED) is 0.618. The molecular weight excluding hydrogens is 411 g/mol. The summed E-state index contributed by atoms with van der Waals surface area (Å²) in [6.45, 7) is 5.90. The third-order valence-electron chi connectivity index (χ3n) is 5.30. The predicted octanol–water partition coefficient (Wildman–Crippen LogP) is 3.02. The van der Waals surface area contributed by atoms with Gasteiger partial charge in [0, 0.05) is 26.2 Å². The Bertz CT molecular complexity index is 1030. The van der Waals surface area contributed by atoms with Crippen molar-refractivity contribution in [3.63, 3.8) is 0 Å². The maximum absolute atomic E-state index is 14.7. The lowest BCUT2D eigenvalue weighted by Crippen LogP contribution is -2.45. The molecule has 2 aromatic carbocycles. The molecule has 2 heterocycles. The minimum atomic E-state index is -0.314. The van der Waals surface area contributed by atoms with Gasteiger partial charge in [-0.05, 0) is 49.2 Å². The number of hydrogen-bond donors (Lipinski definition) is 2. The summed E-state index contributed by atoms with van der Waals surface area (Å²) in [6.07, 6.45) is 3.21. The Kier molecular flexibility index (Phi) is 6.65. The molecule has 0 radical (unpaired) electrons. The highest BCUT2D eigenvalue weighted by atomic mass is 19.1. The zero-order valence-corrected chi connectivity index (χ0v) is 18.2. The molecule has 8 nitrogen and oxygen atoms in total. The summed E-state index contributed by atoms with van der Waals surface area (Å²) < 4.78 is 22.1. The zero-order valence-electron chi connectivity index (χ0n) is 18.2. The van der Waals surface area contributed by atoms with E-state index in [4.69, 9.17) is 4.74 Å². The number of nitrogens with one attached hydrogen (secondary N) is 2. The fraction of sp³-hybridized carbons (Fsp3) is 0.348. The molecule has 0 aliphatic carbocycles. The molecule has 0 bridgehead atoms. The first-order valence-electron chi connectivity index (χ1n) is 10.6. The van der Waals surface area contributed by atoms with Crippen molar-refractivity contribution in [1.29, 1.82) is 0 Å². The number of benzene rings is 2. The van der Waals surface area contributed by atoms with E-state index in [1.54, 1.807) is 17.1 Å². The second kappa shape index (κ2) is 9.78. The number of urea groups is 1. The van der Waals surface area contributed by atoms with Gasteiger partial charge in [-0.1, -0.05) is 18.2 Å². The molecule has 168 valence electrons. The van der Waals surface area contributed by atoms with Gasteiger partial charge in [0.15, 0.2) is 0 Å². The van der Waals surface area contributed by atoms with Crippen molar-refractivity contribution in [2.75, 3.05) is 18.0 Å². The first kappa shape index (κ1) is 21.8. The van der Waals surface area contributed by atoms with Crippen LogP contribution < -0.4 is 15.5 Å². The molecule has 3 aromatic rings. The molecule has 1 fully saturated rings. The van der Waals surface area contributed by atoms with E-state index in [1.807, 2.05) is 49.1 Å². The van der Waals surface area contributed by atoms with E-state index in [9.17, 15) is 9.18 Å². The average molecular weight is 439 g/mol. The summed E-state index contributed by atoms with van der Waals surface area (Å²) in [5.41, 5.74) is 3.11. The first-order chi connectivity index (χ1) is 15.5. The lowest BCUT2D eigenvalue weighted by atomic mass is 10.1. The van der Waals surface area contributed by atoms with E-state index in [0.717, 1.165) is 11.3 Å². The summed E-state index contributed by atoms with van der Waals surface area (Å²) in [6, 6.07) is 12.4. The smallest absolute Gasteiger partial charge is 0.315 e. The molecule has 1 aromatic heterocycles. The summed E-state index contributed by atoms with van der Waals surface area (Å²) in [5, 5.41) is 9.66. The summed E-state index contributed by atoms with van der Waals surface area (Å²) >= 11 is 0. The van der Waals surface area contributed by atoms with Gasteiger partial charge in [0.05, 0.1) is 23.6 Å². The Morgan fingerprint density at radius 2 is 1.72 bits per heavy atom. The van der Waals surface area contributed by atoms with Crippen molar-refractivity contribution in [3.05, 3.63) is 72.1 Å². The molecule has 2 unspecified atom stereocenters. The summed E-state index contributed by atoms with van der Waals surface area (Å²) in [5.74, 6) is -0.293. The van der Waals surface area contributed by atoms with E-state index in [1.165, 1.54) is 12.4 Å². The highest BCUT2D eigenvalue weighted by Gasteiger charge is 2.24. The second-order valence-corrected chi connectivity index (χ2v) is 7.99. The third kappa shape index (κ3) is 5.42. The molecule has 2 amide bonds. The van der Waals surface area contributed by atoms with Crippen LogP contribution in [-0.2, 0) is 17.8 Å². The molecule has 9 heteroatoms. The number of amides is 2. The van der Waals surface area contributed by atoms with Gasteiger partial charge in [0.2, 0.25) is 0 Å². The number of carbonyl (C=O) groups excluding carboxylic acids is 1. The highest BCUT2D eigenvalue weighted by Crippen LogP contribution is 2.24. The van der Waals surface area contributed by atoms with Crippen LogP contribution >= 0.6 is 0 Å². The largest absolute Gasteiger partial charge is 0.372 e. The van der Waals surface area contributed by atoms with E-state index in [2.05, 4.69) is 20.7 Å². The van der Waals surface area contributed by atoms with Crippen molar-refractivity contribution >= 4 is 11.7 Å². The van der Waals surface area contributed by atoms with Crippen LogP contribution in [-0.4, -0.2) is 46.1 Å². The van der Waals surface area contributed by atoms with E-state index >= 15 is 0 Å². The maximum atomic E-state index is 14.7. The zero-order chi connectivity index (χ0) is 22.5. The third-order valence-corrected chi connectivity index (χ3v) is 5.30. The number of halogens is 1. The molecule has 4 rings (SSSR count). The van der Waals surface area contributed by atoms with E-state index in [-0.39, 0.29) is 30.6 Å². The lowest BCUT2D eigenvalue weighted by Gasteiger charge is -2.37. The fourth-order valence-electron chi connectivity index (χ4n) is 3.83. The second-order valence-electron chi connectivity index (χ2n) is 7.99. The molecule has 1 aliphatic heterocycles. The van der Waals surface area contributed by atoms with Crippen LogP contribution in [0.5, 0.6) is 0 Å². The molecule has 2 atom stereocenters. The monoisotopic (exact) mass is 438 g/mol. The van der Waals surface area contributed by atoms with Crippen LogP contribution in [0.25, 0.3) is 5.69 Å². The van der Waals surface area contributed by atoms with Gasteiger partial charge >= 0.3 is 6.03 Å². The minimum Gasteiger partial charge on any atom is -0.372 e. The van der Waals surface area contributed by atoms with Crippen LogP contribution in [0.1, 0.15) is 25.0 Å². The highest BCUT2D eigenvalue weighted by molar-refractivity contribution is 5.73. The van der Waals surface area contributed by atoms with Gasteiger partial charge in [0.25, 0.3) is 0 Å². The number of anilines is 1. The molecular formula is C23H27FN6O2. The van der Waals surface area contributed by atoms with Crippen LogP contribution in [0, 0.1) is 5.82 Å². The van der Waals surface area contributed by atoms with Crippen LogP contribution in [0.3, 0.4) is 0 Å². The van der Waals surface area contributed by atoms with Crippen LogP contribution in [0.4, 0.5) is 14.9 Å². The molecule has 32 heavy (non-hydrogen) atoms. The van der Waals surface area contributed by atoms with Gasteiger partial charge in [-0.3, -0.25) is 0 Å². The fourth-order valence-corrected chi connectivity index (χ4v) is 3.83.